The van der Waals surface area contributed by atoms with E-state index in [0.717, 1.165) is 62.4 Å². The summed E-state index contributed by atoms with van der Waals surface area (Å²) in [7, 11) is 0. The molecule has 128 valence electrons. The highest BCUT2D eigenvalue weighted by atomic mass is 16.2. The number of carbonyl (C=O) groups is 1. The molecule has 1 aromatic carbocycles. The molecule has 2 fully saturated rings. The molecule has 1 aliphatic carbocycles. The lowest BCUT2D eigenvalue weighted by Crippen LogP contribution is -2.47. The molecule has 24 heavy (non-hydrogen) atoms. The van der Waals surface area contributed by atoms with Crippen molar-refractivity contribution in [3.63, 3.8) is 0 Å². The Morgan fingerprint density at radius 2 is 2.08 bits per heavy atom. The van der Waals surface area contributed by atoms with Crippen molar-refractivity contribution < 1.29 is 4.79 Å². The number of carbonyl (C=O) groups excluding carboxylic acids is 1. The first-order chi connectivity index (χ1) is 11.7. The van der Waals surface area contributed by atoms with Crippen LogP contribution in [0.25, 0.3) is 11.0 Å². The van der Waals surface area contributed by atoms with Gasteiger partial charge in [0.1, 0.15) is 0 Å². The first kappa shape index (κ1) is 15.4. The molecule has 6 heteroatoms. The molecule has 4 rings (SSSR count). The lowest BCUT2D eigenvalue weighted by molar-refractivity contribution is -0.125. The van der Waals surface area contributed by atoms with E-state index >= 15 is 0 Å². The van der Waals surface area contributed by atoms with Crippen LogP contribution in [0.15, 0.2) is 24.3 Å². The molecular weight excluding hydrogens is 302 g/mol. The first-order valence-electron chi connectivity index (χ1n) is 8.95. The van der Waals surface area contributed by atoms with E-state index in [4.69, 9.17) is 4.98 Å². The number of para-hydroxylation sites is 2. The number of amides is 1. The van der Waals surface area contributed by atoms with Gasteiger partial charge >= 0.3 is 0 Å². The van der Waals surface area contributed by atoms with Crippen molar-refractivity contribution in [1.82, 2.24) is 20.2 Å². The van der Waals surface area contributed by atoms with Crippen LogP contribution in [0.1, 0.15) is 26.2 Å². The molecule has 2 heterocycles. The van der Waals surface area contributed by atoms with Gasteiger partial charge in [0.05, 0.1) is 17.1 Å². The van der Waals surface area contributed by atoms with Crippen molar-refractivity contribution in [1.29, 1.82) is 0 Å². The molecule has 1 aliphatic heterocycles. The molecule has 1 atom stereocenters. The Morgan fingerprint density at radius 3 is 2.88 bits per heavy atom. The minimum Gasteiger partial charge on any atom is -0.352 e. The van der Waals surface area contributed by atoms with Crippen LogP contribution in [-0.4, -0.2) is 59.0 Å². The van der Waals surface area contributed by atoms with Gasteiger partial charge in [0.15, 0.2) is 0 Å². The molecule has 1 unspecified atom stereocenters. The van der Waals surface area contributed by atoms with Crippen molar-refractivity contribution in [2.24, 2.45) is 0 Å². The molecule has 6 nitrogen and oxygen atoms in total. The summed E-state index contributed by atoms with van der Waals surface area (Å²) in [6.07, 6.45) is 3.31. The van der Waals surface area contributed by atoms with Crippen molar-refractivity contribution >= 4 is 22.9 Å². The van der Waals surface area contributed by atoms with Gasteiger partial charge in [0, 0.05) is 32.2 Å². The van der Waals surface area contributed by atoms with Crippen LogP contribution in [0.3, 0.4) is 0 Å². The average Bonchev–Trinajstić information content (AvgIpc) is 3.35. The topological polar surface area (TPSA) is 64.3 Å². The van der Waals surface area contributed by atoms with Gasteiger partial charge in [-0.05, 0) is 38.3 Å². The van der Waals surface area contributed by atoms with Crippen molar-refractivity contribution in [2.45, 2.75) is 38.3 Å². The predicted molar refractivity (Wildman–Crippen MR) is 95.1 cm³/mol. The Morgan fingerprint density at radius 1 is 1.25 bits per heavy atom. The monoisotopic (exact) mass is 327 g/mol. The maximum Gasteiger partial charge on any atom is 0.237 e. The third kappa shape index (κ3) is 3.24. The zero-order valence-corrected chi connectivity index (χ0v) is 14.2. The molecule has 0 bridgehead atoms. The third-order valence-electron chi connectivity index (χ3n) is 5.06. The Balaban J connectivity index is 1.40. The first-order valence-corrected chi connectivity index (χ1v) is 8.95. The van der Waals surface area contributed by atoms with E-state index in [1.54, 1.807) is 0 Å². The summed E-state index contributed by atoms with van der Waals surface area (Å²) < 4.78 is 0. The van der Waals surface area contributed by atoms with Gasteiger partial charge in [-0.1, -0.05) is 12.1 Å². The van der Waals surface area contributed by atoms with Crippen LogP contribution in [0, 0.1) is 0 Å². The van der Waals surface area contributed by atoms with Gasteiger partial charge in [0.25, 0.3) is 0 Å². The highest BCUT2D eigenvalue weighted by Crippen LogP contribution is 2.21. The van der Waals surface area contributed by atoms with Gasteiger partial charge in [-0.15, -0.1) is 0 Å². The van der Waals surface area contributed by atoms with Crippen LogP contribution in [-0.2, 0) is 4.79 Å². The van der Waals surface area contributed by atoms with Crippen LogP contribution >= 0.6 is 0 Å². The van der Waals surface area contributed by atoms with Crippen LogP contribution in [0.2, 0.25) is 0 Å². The maximum atomic E-state index is 12.3. The SMILES string of the molecule is CC(C(=O)NC1CC1)N1CCCN(c2nc3ccccc3[nH]2)CC1. The summed E-state index contributed by atoms with van der Waals surface area (Å²) >= 11 is 0. The fraction of sp³-hybridized carbons (Fsp3) is 0.556. The minimum atomic E-state index is -0.0544. The number of hydrogen-bond acceptors (Lipinski definition) is 4. The second-order valence-electron chi connectivity index (χ2n) is 6.91. The van der Waals surface area contributed by atoms with Crippen LogP contribution in [0.5, 0.6) is 0 Å². The third-order valence-corrected chi connectivity index (χ3v) is 5.06. The lowest BCUT2D eigenvalue weighted by atomic mass is 10.2. The Hall–Kier alpha value is -2.08. The van der Waals surface area contributed by atoms with Crippen LogP contribution < -0.4 is 10.2 Å². The van der Waals surface area contributed by atoms with Gasteiger partial charge in [-0.25, -0.2) is 4.98 Å². The van der Waals surface area contributed by atoms with E-state index < -0.39 is 0 Å². The number of nitrogens with one attached hydrogen (secondary N) is 2. The fourth-order valence-corrected chi connectivity index (χ4v) is 3.34. The van der Waals surface area contributed by atoms with Gasteiger partial charge in [-0.2, -0.15) is 0 Å². The molecule has 1 amide bonds. The number of nitrogens with zero attached hydrogens (tertiary/aromatic N) is 3. The van der Waals surface area contributed by atoms with E-state index in [-0.39, 0.29) is 11.9 Å². The zero-order chi connectivity index (χ0) is 16.5. The minimum absolute atomic E-state index is 0.0544. The normalized spacial score (nSPS) is 20.8. The number of benzene rings is 1. The quantitative estimate of drug-likeness (QED) is 0.898. The molecule has 2 N–H and O–H groups in total. The second kappa shape index (κ2) is 6.43. The number of rotatable bonds is 4. The van der Waals surface area contributed by atoms with Crippen molar-refractivity contribution in [3.8, 4) is 0 Å². The number of aromatic nitrogens is 2. The molecule has 0 radical (unpaired) electrons. The summed E-state index contributed by atoms with van der Waals surface area (Å²) in [6.45, 7) is 5.72. The fourth-order valence-electron chi connectivity index (χ4n) is 3.34. The van der Waals surface area contributed by atoms with Crippen molar-refractivity contribution in [2.75, 3.05) is 31.1 Å². The predicted octanol–water partition coefficient (Wildman–Crippen LogP) is 1.74. The maximum absolute atomic E-state index is 12.3. The Labute approximate surface area is 142 Å². The summed E-state index contributed by atoms with van der Waals surface area (Å²) in [5.41, 5.74) is 2.08. The number of imidazole rings is 1. The molecular formula is C18H25N5O. The van der Waals surface area contributed by atoms with Crippen molar-refractivity contribution in [3.05, 3.63) is 24.3 Å². The Bertz CT molecular complexity index is 690. The molecule has 0 spiro atoms. The summed E-state index contributed by atoms with van der Waals surface area (Å²) in [4.78, 5) is 25.0. The number of aromatic amines is 1. The number of H-pyrrole nitrogens is 1. The zero-order valence-electron chi connectivity index (χ0n) is 14.2. The number of hydrogen-bond donors (Lipinski definition) is 2. The summed E-state index contributed by atoms with van der Waals surface area (Å²) in [5.74, 6) is 1.11. The average molecular weight is 327 g/mol. The molecule has 1 aromatic heterocycles. The highest BCUT2D eigenvalue weighted by molar-refractivity contribution is 5.82. The summed E-state index contributed by atoms with van der Waals surface area (Å²) in [6, 6.07) is 8.50. The second-order valence-corrected chi connectivity index (χ2v) is 6.91. The largest absolute Gasteiger partial charge is 0.352 e. The van der Waals surface area contributed by atoms with Gasteiger partial charge in [-0.3, -0.25) is 9.69 Å². The molecule has 2 aliphatic rings. The molecule has 1 saturated carbocycles. The highest BCUT2D eigenvalue weighted by Gasteiger charge is 2.29. The van der Waals surface area contributed by atoms with E-state index in [9.17, 15) is 4.79 Å². The van der Waals surface area contributed by atoms with E-state index in [1.165, 1.54) is 0 Å². The number of fused-ring (bicyclic) bond motifs is 1. The van der Waals surface area contributed by atoms with E-state index in [1.807, 2.05) is 25.1 Å². The molecule has 1 saturated heterocycles. The lowest BCUT2D eigenvalue weighted by Gasteiger charge is -2.26. The van der Waals surface area contributed by atoms with Crippen LogP contribution in [0.4, 0.5) is 5.95 Å². The van der Waals surface area contributed by atoms with E-state index in [0.29, 0.717) is 6.04 Å². The van der Waals surface area contributed by atoms with Gasteiger partial charge < -0.3 is 15.2 Å². The molecule has 2 aromatic rings. The standard InChI is InChI=1S/C18H25N5O/c1-13(17(24)19-14-7-8-14)22-9-4-10-23(12-11-22)18-20-15-5-2-3-6-16(15)21-18/h2-3,5-6,13-14H,4,7-12H2,1H3,(H,19,24)(H,20,21). The van der Waals surface area contributed by atoms with E-state index in [2.05, 4.69) is 26.2 Å². The summed E-state index contributed by atoms with van der Waals surface area (Å²) in [5, 5.41) is 3.12. The smallest absolute Gasteiger partial charge is 0.237 e. The van der Waals surface area contributed by atoms with Gasteiger partial charge in [0.2, 0.25) is 11.9 Å². The number of anilines is 1. The Kier molecular flexibility index (Phi) is 4.14.